The number of para-hydroxylation sites is 1. The Balaban J connectivity index is 2.15. The van der Waals surface area contributed by atoms with Gasteiger partial charge in [-0.3, -0.25) is 0 Å². The fraction of sp³-hybridized carbons (Fsp3) is 0.263. The molecule has 0 aromatic heterocycles. The number of carbonyl (C=O) groups is 2. The zero-order chi connectivity index (χ0) is 20.9. The molecule has 150 valence electrons. The number of rotatable bonds is 4. The van der Waals surface area contributed by atoms with E-state index in [9.17, 15) is 18.0 Å². The van der Waals surface area contributed by atoms with Crippen LogP contribution in [0.15, 0.2) is 53.4 Å². The van der Waals surface area contributed by atoms with Gasteiger partial charge in [0.1, 0.15) is 16.1 Å². The molecule has 0 aliphatic carbocycles. The summed E-state index contributed by atoms with van der Waals surface area (Å²) in [7, 11) is -4.16. The molecule has 8 nitrogen and oxygen atoms in total. The average Bonchev–Trinajstić information content (AvgIpc) is 2.59. The minimum Gasteiger partial charge on any atom is -0.442 e. The van der Waals surface area contributed by atoms with Crippen molar-refractivity contribution in [2.45, 2.75) is 38.2 Å². The fourth-order valence-corrected chi connectivity index (χ4v) is 2.97. The summed E-state index contributed by atoms with van der Waals surface area (Å²) in [5.74, 6) is -1.25. The SMILES string of the molecule is Cc1ccc(S(=O)(=O)Oc2ccccc2C(=O)ONC(=O)OC(C)(C)C)cc1. The Morgan fingerprint density at radius 3 is 2.18 bits per heavy atom. The van der Waals surface area contributed by atoms with E-state index in [-0.39, 0.29) is 16.2 Å². The number of aryl methyl sites for hydroxylation is 1. The number of amides is 1. The third-order valence-electron chi connectivity index (χ3n) is 3.24. The van der Waals surface area contributed by atoms with Crippen LogP contribution < -0.4 is 9.66 Å². The smallest absolute Gasteiger partial charge is 0.441 e. The van der Waals surface area contributed by atoms with E-state index in [1.165, 1.54) is 36.4 Å². The zero-order valence-corrected chi connectivity index (χ0v) is 16.7. The van der Waals surface area contributed by atoms with Crippen LogP contribution in [0.2, 0.25) is 0 Å². The highest BCUT2D eigenvalue weighted by atomic mass is 32.2. The van der Waals surface area contributed by atoms with Crippen LogP contribution >= 0.6 is 0 Å². The number of hydrogen-bond acceptors (Lipinski definition) is 7. The molecule has 2 aromatic carbocycles. The van der Waals surface area contributed by atoms with Gasteiger partial charge >= 0.3 is 22.2 Å². The Labute approximate surface area is 163 Å². The topological polar surface area (TPSA) is 108 Å². The lowest BCUT2D eigenvalue weighted by atomic mass is 10.2. The molecule has 0 saturated heterocycles. The van der Waals surface area contributed by atoms with E-state index in [1.54, 1.807) is 32.9 Å². The lowest BCUT2D eigenvalue weighted by Gasteiger charge is -2.19. The van der Waals surface area contributed by atoms with Crippen LogP contribution in [0.3, 0.4) is 0 Å². The first-order chi connectivity index (χ1) is 13.0. The van der Waals surface area contributed by atoms with E-state index in [2.05, 4.69) is 4.84 Å². The lowest BCUT2D eigenvalue weighted by Crippen LogP contribution is -2.34. The van der Waals surface area contributed by atoms with Crippen molar-refractivity contribution in [2.75, 3.05) is 0 Å². The molecule has 0 saturated carbocycles. The fourth-order valence-electron chi connectivity index (χ4n) is 2.02. The number of carbonyl (C=O) groups excluding carboxylic acids is 2. The van der Waals surface area contributed by atoms with Crippen LogP contribution in [0.25, 0.3) is 0 Å². The van der Waals surface area contributed by atoms with Crippen LogP contribution in [0.5, 0.6) is 5.75 Å². The Hall–Kier alpha value is -3.07. The first-order valence-electron chi connectivity index (χ1n) is 8.28. The summed E-state index contributed by atoms with van der Waals surface area (Å²) < 4.78 is 34.9. The van der Waals surface area contributed by atoms with Crippen LogP contribution in [-0.2, 0) is 19.7 Å². The first-order valence-corrected chi connectivity index (χ1v) is 9.69. The molecule has 0 bridgehead atoms. The monoisotopic (exact) mass is 407 g/mol. The summed E-state index contributed by atoms with van der Waals surface area (Å²) in [6.07, 6.45) is -0.966. The largest absolute Gasteiger partial charge is 0.442 e. The third-order valence-corrected chi connectivity index (χ3v) is 4.49. The summed E-state index contributed by atoms with van der Waals surface area (Å²) in [6.45, 7) is 6.76. The van der Waals surface area contributed by atoms with Crippen molar-refractivity contribution >= 4 is 22.2 Å². The summed E-state index contributed by atoms with van der Waals surface area (Å²) in [4.78, 5) is 28.4. The van der Waals surface area contributed by atoms with E-state index in [4.69, 9.17) is 8.92 Å². The third kappa shape index (κ3) is 5.98. The van der Waals surface area contributed by atoms with Crippen LogP contribution in [0.1, 0.15) is 36.7 Å². The van der Waals surface area contributed by atoms with Gasteiger partial charge in [-0.25, -0.2) is 9.59 Å². The lowest BCUT2D eigenvalue weighted by molar-refractivity contribution is -0.00141. The second kappa shape index (κ2) is 8.30. The molecule has 0 unspecified atom stereocenters. The predicted molar refractivity (Wildman–Crippen MR) is 100 cm³/mol. The highest BCUT2D eigenvalue weighted by Crippen LogP contribution is 2.24. The maximum atomic E-state index is 12.4. The number of ether oxygens (including phenoxy) is 1. The second-order valence-electron chi connectivity index (χ2n) is 6.84. The number of hydrogen-bond donors (Lipinski definition) is 1. The standard InChI is InChI=1S/C19H21NO7S/c1-13-9-11-14(12-10-13)28(23,24)27-16-8-6-5-7-15(16)17(21)26-20-18(22)25-19(2,3)4/h5-12H,1-4H3,(H,20,22). The van der Waals surface area contributed by atoms with Gasteiger partial charge in [-0.2, -0.15) is 8.42 Å². The van der Waals surface area contributed by atoms with Gasteiger partial charge in [-0.05, 0) is 52.0 Å². The minimum absolute atomic E-state index is 0.0619. The van der Waals surface area contributed by atoms with E-state index >= 15 is 0 Å². The number of nitrogens with one attached hydrogen (secondary N) is 1. The summed E-state index contributed by atoms with van der Waals surface area (Å²) >= 11 is 0. The van der Waals surface area contributed by atoms with Gasteiger partial charge in [0.25, 0.3) is 0 Å². The van der Waals surface area contributed by atoms with Gasteiger partial charge in [-0.15, -0.1) is 5.48 Å². The molecule has 0 atom stereocenters. The normalized spacial score (nSPS) is 11.4. The van der Waals surface area contributed by atoms with Gasteiger partial charge < -0.3 is 13.8 Å². The summed E-state index contributed by atoms with van der Waals surface area (Å²) in [5, 5.41) is 0. The quantitative estimate of drug-likeness (QED) is 0.611. The Bertz CT molecular complexity index is 961. The van der Waals surface area contributed by atoms with Crippen molar-refractivity contribution < 1.29 is 31.8 Å². The van der Waals surface area contributed by atoms with Crippen LogP contribution in [0, 0.1) is 6.92 Å². The highest BCUT2D eigenvalue weighted by molar-refractivity contribution is 7.87. The molecule has 9 heteroatoms. The van der Waals surface area contributed by atoms with Crippen molar-refractivity contribution in [3.63, 3.8) is 0 Å². The Morgan fingerprint density at radius 1 is 0.964 bits per heavy atom. The highest BCUT2D eigenvalue weighted by Gasteiger charge is 2.23. The molecular weight excluding hydrogens is 386 g/mol. The van der Waals surface area contributed by atoms with Crippen molar-refractivity contribution in [3.05, 3.63) is 59.7 Å². The Morgan fingerprint density at radius 2 is 1.57 bits per heavy atom. The second-order valence-corrected chi connectivity index (χ2v) is 8.39. The molecule has 1 N–H and O–H groups in total. The molecule has 2 aromatic rings. The van der Waals surface area contributed by atoms with Gasteiger partial charge in [-0.1, -0.05) is 29.8 Å². The van der Waals surface area contributed by atoms with Crippen LogP contribution in [0.4, 0.5) is 4.79 Å². The van der Waals surface area contributed by atoms with Crippen molar-refractivity contribution in [1.29, 1.82) is 0 Å². The molecule has 28 heavy (non-hydrogen) atoms. The average molecular weight is 407 g/mol. The van der Waals surface area contributed by atoms with Crippen LogP contribution in [-0.4, -0.2) is 26.1 Å². The maximum absolute atomic E-state index is 12.4. The van der Waals surface area contributed by atoms with E-state index in [1.807, 2.05) is 12.4 Å². The van der Waals surface area contributed by atoms with E-state index in [0.29, 0.717) is 0 Å². The van der Waals surface area contributed by atoms with Gasteiger partial charge in [0, 0.05) is 0 Å². The number of benzene rings is 2. The zero-order valence-electron chi connectivity index (χ0n) is 15.9. The van der Waals surface area contributed by atoms with Gasteiger partial charge in [0.15, 0.2) is 5.75 Å². The molecule has 0 spiro atoms. The predicted octanol–water partition coefficient (Wildman–Crippen LogP) is 3.36. The summed E-state index contributed by atoms with van der Waals surface area (Å²) in [6, 6.07) is 11.6. The van der Waals surface area contributed by atoms with Crippen molar-refractivity contribution in [2.24, 2.45) is 0 Å². The molecular formula is C19H21NO7S. The molecule has 2 rings (SSSR count). The molecule has 0 aliphatic heterocycles. The molecule has 0 heterocycles. The Kier molecular flexibility index (Phi) is 6.30. The van der Waals surface area contributed by atoms with Crippen molar-refractivity contribution in [3.8, 4) is 5.75 Å². The van der Waals surface area contributed by atoms with Gasteiger partial charge in [0.05, 0.1) is 0 Å². The first kappa shape index (κ1) is 21.2. The molecule has 0 radical (unpaired) electrons. The summed E-state index contributed by atoms with van der Waals surface area (Å²) in [5.41, 5.74) is 1.77. The van der Waals surface area contributed by atoms with Gasteiger partial charge in [0.2, 0.25) is 0 Å². The molecule has 0 fully saturated rings. The maximum Gasteiger partial charge on any atom is 0.441 e. The minimum atomic E-state index is -4.16. The van der Waals surface area contributed by atoms with Crippen molar-refractivity contribution in [1.82, 2.24) is 5.48 Å². The molecule has 1 amide bonds. The number of hydroxylamine groups is 1. The van der Waals surface area contributed by atoms with E-state index < -0.39 is 27.8 Å². The molecule has 0 aliphatic rings. The van der Waals surface area contributed by atoms with E-state index in [0.717, 1.165) is 5.56 Å².